The molecule has 1 atom stereocenters. The van der Waals surface area contributed by atoms with Gasteiger partial charge in [0.05, 0.1) is 12.0 Å². The molecule has 0 fully saturated rings. The summed E-state index contributed by atoms with van der Waals surface area (Å²) in [6.07, 6.45) is 0. The Labute approximate surface area is 103 Å². The lowest BCUT2D eigenvalue weighted by Crippen LogP contribution is -1.98. The van der Waals surface area contributed by atoms with Gasteiger partial charge in [-0.3, -0.25) is 0 Å². The zero-order chi connectivity index (χ0) is 11.4. The summed E-state index contributed by atoms with van der Waals surface area (Å²) >= 11 is 3.48. The van der Waals surface area contributed by atoms with Gasteiger partial charge in [-0.25, -0.2) is 0 Å². The highest BCUT2D eigenvalue weighted by molar-refractivity contribution is 9.10. The van der Waals surface area contributed by atoms with E-state index in [0.29, 0.717) is 0 Å². The molecule has 0 bridgehead atoms. The highest BCUT2D eigenvalue weighted by atomic mass is 79.9. The van der Waals surface area contributed by atoms with Crippen LogP contribution in [-0.4, -0.2) is 0 Å². The summed E-state index contributed by atoms with van der Waals surface area (Å²) in [6, 6.07) is 20.0. The molecule has 16 heavy (non-hydrogen) atoms. The first-order chi connectivity index (χ1) is 7.83. The average molecular weight is 272 g/mol. The van der Waals surface area contributed by atoms with Gasteiger partial charge in [-0.1, -0.05) is 64.5 Å². The third kappa shape index (κ3) is 2.15. The fourth-order valence-corrected chi connectivity index (χ4v) is 2.19. The monoisotopic (exact) mass is 271 g/mol. The van der Waals surface area contributed by atoms with Gasteiger partial charge in [0.1, 0.15) is 0 Å². The van der Waals surface area contributed by atoms with Crippen LogP contribution >= 0.6 is 15.9 Å². The molecule has 0 spiro atoms. The molecule has 0 radical (unpaired) electrons. The zero-order valence-corrected chi connectivity index (χ0v) is 10.2. The van der Waals surface area contributed by atoms with E-state index in [9.17, 15) is 5.26 Å². The summed E-state index contributed by atoms with van der Waals surface area (Å²) in [5.74, 6) is -0.211. The lowest BCUT2D eigenvalue weighted by Gasteiger charge is -2.11. The van der Waals surface area contributed by atoms with Gasteiger partial charge in [0.25, 0.3) is 0 Å². The molecule has 2 aromatic rings. The fraction of sp³-hybridized carbons (Fsp3) is 0.0714. The number of benzene rings is 2. The second-order valence-electron chi connectivity index (χ2n) is 3.49. The van der Waals surface area contributed by atoms with Crippen molar-refractivity contribution in [2.24, 2.45) is 0 Å². The molecule has 1 nitrogen and oxygen atoms in total. The average Bonchev–Trinajstić information content (AvgIpc) is 2.34. The van der Waals surface area contributed by atoms with Crippen LogP contribution in [0, 0.1) is 11.3 Å². The standard InChI is InChI=1S/C14H10BrN/c15-14-9-5-4-8-12(14)13(10-16)11-6-2-1-3-7-11/h1-9,13H. The first-order valence-corrected chi connectivity index (χ1v) is 5.81. The largest absolute Gasteiger partial charge is 0.197 e. The molecule has 2 aromatic carbocycles. The summed E-state index contributed by atoms with van der Waals surface area (Å²) < 4.78 is 0.977. The highest BCUT2D eigenvalue weighted by Gasteiger charge is 2.14. The minimum absolute atomic E-state index is 0.211. The minimum atomic E-state index is -0.211. The van der Waals surface area contributed by atoms with Crippen LogP contribution in [0.3, 0.4) is 0 Å². The second kappa shape index (κ2) is 4.96. The number of rotatable bonds is 2. The van der Waals surface area contributed by atoms with Crippen LogP contribution in [0.5, 0.6) is 0 Å². The Morgan fingerprint density at radius 3 is 2.19 bits per heavy atom. The molecular weight excluding hydrogens is 262 g/mol. The van der Waals surface area contributed by atoms with Gasteiger partial charge in [0.2, 0.25) is 0 Å². The zero-order valence-electron chi connectivity index (χ0n) is 8.60. The smallest absolute Gasteiger partial charge is 0.0973 e. The Bertz CT molecular complexity index is 514. The van der Waals surface area contributed by atoms with Crippen LogP contribution in [0.15, 0.2) is 59.1 Å². The maximum atomic E-state index is 9.29. The van der Waals surface area contributed by atoms with Crippen molar-refractivity contribution in [2.75, 3.05) is 0 Å². The van der Waals surface area contributed by atoms with E-state index in [1.165, 1.54) is 0 Å². The number of nitrogens with zero attached hydrogens (tertiary/aromatic N) is 1. The van der Waals surface area contributed by atoms with Crippen molar-refractivity contribution in [3.63, 3.8) is 0 Å². The van der Waals surface area contributed by atoms with E-state index in [0.717, 1.165) is 15.6 Å². The molecule has 0 aliphatic carbocycles. The molecule has 1 unspecified atom stereocenters. The summed E-state index contributed by atoms with van der Waals surface area (Å²) in [6.45, 7) is 0. The maximum Gasteiger partial charge on any atom is 0.0973 e. The lowest BCUT2D eigenvalue weighted by atomic mass is 9.93. The lowest BCUT2D eigenvalue weighted by molar-refractivity contribution is 1.03. The summed E-state index contributed by atoms with van der Waals surface area (Å²) in [7, 11) is 0. The number of nitriles is 1. The van der Waals surface area contributed by atoms with Gasteiger partial charge in [-0.05, 0) is 17.2 Å². The van der Waals surface area contributed by atoms with Crippen molar-refractivity contribution in [2.45, 2.75) is 5.92 Å². The van der Waals surface area contributed by atoms with Gasteiger partial charge in [-0.15, -0.1) is 0 Å². The maximum absolute atomic E-state index is 9.29. The second-order valence-corrected chi connectivity index (χ2v) is 4.35. The Hall–Kier alpha value is -1.59. The highest BCUT2D eigenvalue weighted by Crippen LogP contribution is 2.29. The van der Waals surface area contributed by atoms with E-state index in [2.05, 4.69) is 22.0 Å². The number of halogens is 1. The Morgan fingerprint density at radius 2 is 1.56 bits per heavy atom. The van der Waals surface area contributed by atoms with Crippen LogP contribution in [0.1, 0.15) is 17.0 Å². The van der Waals surface area contributed by atoms with Crippen molar-refractivity contribution in [3.05, 3.63) is 70.2 Å². The van der Waals surface area contributed by atoms with Crippen molar-refractivity contribution >= 4 is 15.9 Å². The third-order valence-corrected chi connectivity index (χ3v) is 3.20. The van der Waals surface area contributed by atoms with Gasteiger partial charge >= 0.3 is 0 Å². The first kappa shape index (κ1) is 10.9. The Balaban J connectivity index is 2.47. The SMILES string of the molecule is N#CC(c1ccccc1)c1ccccc1Br. The van der Waals surface area contributed by atoms with Crippen LogP contribution in [0.4, 0.5) is 0 Å². The van der Waals surface area contributed by atoms with E-state index < -0.39 is 0 Å². The third-order valence-electron chi connectivity index (χ3n) is 2.48. The molecule has 0 saturated heterocycles. The summed E-state index contributed by atoms with van der Waals surface area (Å²) in [4.78, 5) is 0. The molecule has 2 heteroatoms. The molecule has 0 aliphatic heterocycles. The van der Waals surface area contributed by atoms with Crippen LogP contribution in [0.2, 0.25) is 0 Å². The van der Waals surface area contributed by atoms with Gasteiger partial charge < -0.3 is 0 Å². The molecule has 0 heterocycles. The summed E-state index contributed by atoms with van der Waals surface area (Å²) in [5.41, 5.74) is 2.04. The Kier molecular flexibility index (Phi) is 3.38. The molecule has 78 valence electrons. The molecule has 0 saturated carbocycles. The molecule has 0 amide bonds. The van der Waals surface area contributed by atoms with Gasteiger partial charge in [0.15, 0.2) is 0 Å². The van der Waals surface area contributed by atoms with Crippen molar-refractivity contribution in [3.8, 4) is 6.07 Å². The van der Waals surface area contributed by atoms with E-state index in [-0.39, 0.29) is 5.92 Å². The first-order valence-electron chi connectivity index (χ1n) is 5.02. The predicted molar refractivity (Wildman–Crippen MR) is 68.0 cm³/mol. The van der Waals surface area contributed by atoms with E-state index in [1.807, 2.05) is 54.6 Å². The van der Waals surface area contributed by atoms with Crippen LogP contribution in [0.25, 0.3) is 0 Å². The van der Waals surface area contributed by atoms with E-state index in [1.54, 1.807) is 0 Å². The van der Waals surface area contributed by atoms with E-state index >= 15 is 0 Å². The predicted octanol–water partition coefficient (Wildman–Crippen LogP) is 4.10. The van der Waals surface area contributed by atoms with Crippen LogP contribution in [-0.2, 0) is 0 Å². The van der Waals surface area contributed by atoms with Crippen molar-refractivity contribution in [1.82, 2.24) is 0 Å². The Morgan fingerprint density at radius 1 is 0.938 bits per heavy atom. The molecular formula is C14H10BrN. The normalized spacial score (nSPS) is 11.8. The fourth-order valence-electron chi connectivity index (χ4n) is 1.68. The van der Waals surface area contributed by atoms with Gasteiger partial charge in [-0.2, -0.15) is 5.26 Å². The van der Waals surface area contributed by atoms with E-state index in [4.69, 9.17) is 0 Å². The van der Waals surface area contributed by atoms with Gasteiger partial charge in [0, 0.05) is 4.47 Å². The molecule has 0 N–H and O–H groups in total. The van der Waals surface area contributed by atoms with Crippen molar-refractivity contribution in [1.29, 1.82) is 5.26 Å². The summed E-state index contributed by atoms with van der Waals surface area (Å²) in [5, 5.41) is 9.29. The molecule has 0 aromatic heterocycles. The van der Waals surface area contributed by atoms with Crippen LogP contribution < -0.4 is 0 Å². The molecule has 2 rings (SSSR count). The number of hydrogen-bond donors (Lipinski definition) is 0. The molecule has 0 aliphatic rings. The quantitative estimate of drug-likeness (QED) is 0.807. The topological polar surface area (TPSA) is 23.8 Å². The minimum Gasteiger partial charge on any atom is -0.197 e. The van der Waals surface area contributed by atoms with Crippen molar-refractivity contribution < 1.29 is 0 Å². The number of hydrogen-bond acceptors (Lipinski definition) is 1.